The number of benzene rings is 1. The lowest BCUT2D eigenvalue weighted by molar-refractivity contribution is 0.0232. The average molecular weight is 291 g/mol. The second kappa shape index (κ2) is 8.56. The van der Waals surface area contributed by atoms with Gasteiger partial charge in [-0.2, -0.15) is 0 Å². The molecule has 5 heteroatoms. The molecule has 0 atom stereocenters. The van der Waals surface area contributed by atoms with E-state index in [1.807, 2.05) is 35.0 Å². The van der Waals surface area contributed by atoms with E-state index in [0.29, 0.717) is 45.1 Å². The quantitative estimate of drug-likeness (QED) is 0.497. The molecule has 0 aliphatic heterocycles. The number of rotatable bonds is 10. The van der Waals surface area contributed by atoms with E-state index in [4.69, 9.17) is 14.2 Å². The van der Waals surface area contributed by atoms with Gasteiger partial charge in [-0.3, -0.25) is 4.79 Å². The van der Waals surface area contributed by atoms with Crippen LogP contribution >= 0.6 is 0 Å². The summed E-state index contributed by atoms with van der Waals surface area (Å²) in [4.78, 5) is 11.1. The summed E-state index contributed by atoms with van der Waals surface area (Å²) in [5.41, 5.74) is 1.67. The smallest absolute Gasteiger partial charge is 0.152 e. The first-order valence-electron chi connectivity index (χ1n) is 7.04. The summed E-state index contributed by atoms with van der Waals surface area (Å²) >= 11 is 0. The number of carbonyl (C=O) groups is 1. The minimum Gasteiger partial charge on any atom is -0.382 e. The molecular weight excluding hydrogens is 270 g/mol. The number of para-hydroxylation sites is 1. The van der Waals surface area contributed by atoms with Gasteiger partial charge in [-0.25, -0.2) is 0 Å². The van der Waals surface area contributed by atoms with Crippen LogP contribution in [0.15, 0.2) is 30.5 Å². The molecule has 0 saturated heterocycles. The van der Waals surface area contributed by atoms with Gasteiger partial charge in [0.2, 0.25) is 0 Å². The van der Waals surface area contributed by atoms with Crippen LogP contribution in [0.4, 0.5) is 0 Å². The monoisotopic (exact) mass is 291 g/mol. The molecule has 0 saturated carbocycles. The molecule has 0 spiro atoms. The van der Waals surface area contributed by atoms with E-state index >= 15 is 0 Å². The Labute approximate surface area is 124 Å². The topological polar surface area (TPSA) is 49.7 Å². The molecule has 0 bridgehead atoms. The van der Waals surface area contributed by atoms with Crippen LogP contribution in [0, 0.1) is 0 Å². The summed E-state index contributed by atoms with van der Waals surface area (Å²) in [6.45, 7) is 3.62. The summed E-state index contributed by atoms with van der Waals surface area (Å²) in [6.07, 6.45) is 2.87. The molecule has 0 N–H and O–H groups in total. The lowest BCUT2D eigenvalue weighted by atomic mass is 10.1. The van der Waals surface area contributed by atoms with Crippen molar-refractivity contribution < 1.29 is 19.0 Å². The van der Waals surface area contributed by atoms with Gasteiger partial charge in [-0.1, -0.05) is 12.1 Å². The van der Waals surface area contributed by atoms with Gasteiger partial charge in [-0.15, -0.1) is 0 Å². The van der Waals surface area contributed by atoms with Gasteiger partial charge in [0.1, 0.15) is 0 Å². The van der Waals surface area contributed by atoms with Gasteiger partial charge in [0.25, 0.3) is 0 Å². The van der Waals surface area contributed by atoms with Crippen molar-refractivity contribution in [3.63, 3.8) is 0 Å². The van der Waals surface area contributed by atoms with Crippen molar-refractivity contribution in [2.45, 2.75) is 6.54 Å². The zero-order chi connectivity index (χ0) is 14.9. The van der Waals surface area contributed by atoms with Crippen molar-refractivity contribution in [1.82, 2.24) is 4.57 Å². The lowest BCUT2D eigenvalue weighted by Gasteiger charge is -2.08. The Bertz CT molecular complexity index is 564. The number of carbonyl (C=O) groups excluding carboxylic acids is 1. The Kier molecular flexibility index (Phi) is 6.40. The first kappa shape index (κ1) is 15.7. The van der Waals surface area contributed by atoms with Gasteiger partial charge >= 0.3 is 0 Å². The average Bonchev–Trinajstić information content (AvgIpc) is 2.93. The van der Waals surface area contributed by atoms with Crippen molar-refractivity contribution in [3.05, 3.63) is 36.0 Å². The fourth-order valence-electron chi connectivity index (χ4n) is 2.20. The highest BCUT2D eigenvalue weighted by molar-refractivity contribution is 5.96. The largest absolute Gasteiger partial charge is 0.382 e. The van der Waals surface area contributed by atoms with Crippen LogP contribution in [-0.2, 0) is 20.8 Å². The molecule has 0 aliphatic rings. The molecule has 0 radical (unpaired) electrons. The highest BCUT2D eigenvalue weighted by Gasteiger charge is 2.05. The Morgan fingerprint density at radius 3 is 2.57 bits per heavy atom. The Morgan fingerprint density at radius 1 is 1.05 bits per heavy atom. The third-order valence-corrected chi connectivity index (χ3v) is 3.23. The highest BCUT2D eigenvalue weighted by atomic mass is 16.5. The van der Waals surface area contributed by atoms with Crippen LogP contribution in [0.5, 0.6) is 0 Å². The van der Waals surface area contributed by atoms with Crippen LogP contribution in [0.3, 0.4) is 0 Å². The zero-order valence-corrected chi connectivity index (χ0v) is 12.3. The SMILES string of the molecule is COCCOCCOCCn1ccc2cccc(C=O)c21. The molecule has 2 aromatic rings. The number of fused-ring (bicyclic) bond motifs is 1. The van der Waals surface area contributed by atoms with Crippen molar-refractivity contribution in [2.75, 3.05) is 40.1 Å². The minimum atomic E-state index is 0.559. The van der Waals surface area contributed by atoms with Gasteiger partial charge in [0.05, 0.1) is 38.6 Å². The van der Waals surface area contributed by atoms with Gasteiger partial charge in [0.15, 0.2) is 6.29 Å². The first-order chi connectivity index (χ1) is 10.4. The highest BCUT2D eigenvalue weighted by Crippen LogP contribution is 2.18. The third kappa shape index (κ3) is 4.39. The Morgan fingerprint density at radius 2 is 1.81 bits per heavy atom. The van der Waals surface area contributed by atoms with Crippen molar-refractivity contribution in [1.29, 1.82) is 0 Å². The van der Waals surface area contributed by atoms with Crippen molar-refractivity contribution in [2.24, 2.45) is 0 Å². The van der Waals surface area contributed by atoms with Crippen LogP contribution in [0.1, 0.15) is 10.4 Å². The second-order valence-electron chi connectivity index (χ2n) is 4.63. The van der Waals surface area contributed by atoms with Crippen LogP contribution in [-0.4, -0.2) is 51.0 Å². The van der Waals surface area contributed by atoms with Crippen LogP contribution < -0.4 is 0 Å². The molecule has 0 fully saturated rings. The number of ether oxygens (including phenoxy) is 3. The summed E-state index contributed by atoms with van der Waals surface area (Å²) in [6, 6.07) is 7.74. The predicted octanol–water partition coefficient (Wildman–Crippen LogP) is 2.13. The molecule has 0 amide bonds. The van der Waals surface area contributed by atoms with E-state index in [2.05, 4.69) is 0 Å². The number of aldehydes is 1. The molecule has 1 aromatic carbocycles. The van der Waals surface area contributed by atoms with E-state index in [0.717, 1.165) is 17.2 Å². The third-order valence-electron chi connectivity index (χ3n) is 3.23. The fraction of sp³-hybridized carbons (Fsp3) is 0.438. The second-order valence-corrected chi connectivity index (χ2v) is 4.63. The van der Waals surface area contributed by atoms with E-state index in [1.54, 1.807) is 7.11 Å². The number of nitrogens with zero attached hydrogens (tertiary/aromatic N) is 1. The van der Waals surface area contributed by atoms with Gasteiger partial charge < -0.3 is 18.8 Å². The van der Waals surface area contributed by atoms with Crippen LogP contribution in [0.25, 0.3) is 10.9 Å². The fourth-order valence-corrected chi connectivity index (χ4v) is 2.20. The normalized spacial score (nSPS) is 11.1. The lowest BCUT2D eigenvalue weighted by Crippen LogP contribution is -2.11. The molecule has 1 aromatic heterocycles. The molecule has 21 heavy (non-hydrogen) atoms. The zero-order valence-electron chi connectivity index (χ0n) is 12.3. The standard InChI is InChI=1S/C16H21NO4/c1-19-9-10-21-12-11-20-8-7-17-6-5-14-3-2-4-15(13-18)16(14)17/h2-6,13H,7-12H2,1H3. The van der Waals surface area contributed by atoms with Crippen molar-refractivity contribution in [3.8, 4) is 0 Å². The number of hydrogen-bond acceptors (Lipinski definition) is 4. The molecule has 1 heterocycles. The Hall–Kier alpha value is -1.69. The van der Waals surface area contributed by atoms with Crippen molar-refractivity contribution >= 4 is 17.2 Å². The Balaban J connectivity index is 1.77. The van der Waals surface area contributed by atoms with Gasteiger partial charge in [-0.05, 0) is 12.1 Å². The predicted molar refractivity (Wildman–Crippen MR) is 80.8 cm³/mol. The molecule has 0 aliphatic carbocycles. The molecule has 0 unspecified atom stereocenters. The molecular formula is C16H21NO4. The van der Waals surface area contributed by atoms with Crippen LogP contribution in [0.2, 0.25) is 0 Å². The van der Waals surface area contributed by atoms with E-state index in [9.17, 15) is 4.79 Å². The molecule has 2 rings (SSSR count). The number of methoxy groups -OCH3 is 1. The maximum Gasteiger partial charge on any atom is 0.152 e. The van der Waals surface area contributed by atoms with E-state index < -0.39 is 0 Å². The summed E-state index contributed by atoms with van der Waals surface area (Å²) in [7, 11) is 1.65. The van der Waals surface area contributed by atoms with E-state index in [-0.39, 0.29) is 0 Å². The van der Waals surface area contributed by atoms with E-state index in [1.165, 1.54) is 0 Å². The maximum atomic E-state index is 11.1. The number of hydrogen-bond donors (Lipinski definition) is 0. The molecule has 114 valence electrons. The summed E-state index contributed by atoms with van der Waals surface area (Å²) in [5, 5.41) is 1.07. The summed E-state index contributed by atoms with van der Waals surface area (Å²) < 4.78 is 17.8. The maximum absolute atomic E-state index is 11.1. The first-order valence-corrected chi connectivity index (χ1v) is 7.04. The van der Waals surface area contributed by atoms with Gasteiger partial charge in [0, 0.05) is 30.8 Å². The summed E-state index contributed by atoms with van der Waals surface area (Å²) in [5.74, 6) is 0. The molecule has 5 nitrogen and oxygen atoms in total. The minimum absolute atomic E-state index is 0.559. The number of aromatic nitrogens is 1.